The van der Waals surface area contributed by atoms with Crippen molar-refractivity contribution in [3.63, 3.8) is 0 Å². The fraction of sp³-hybridized carbons (Fsp3) is 0.500. The molecule has 0 aliphatic rings. The van der Waals surface area contributed by atoms with Crippen molar-refractivity contribution in [1.29, 1.82) is 0 Å². The SMILES string of the molecule is CCOCCn1c(=O)c2c(nc(-n3nc(C)cc3C)n2C)n(C)c1=O. The monoisotopic (exact) mass is 346 g/mol. The topological polar surface area (TPSA) is 88.9 Å². The van der Waals surface area contributed by atoms with E-state index in [2.05, 4.69) is 10.1 Å². The number of aryl methyl sites for hydroxylation is 4. The van der Waals surface area contributed by atoms with E-state index >= 15 is 0 Å². The minimum absolute atomic E-state index is 0.204. The van der Waals surface area contributed by atoms with Crippen LogP contribution in [0.15, 0.2) is 15.7 Å². The third-order valence-corrected chi connectivity index (χ3v) is 4.20. The van der Waals surface area contributed by atoms with Crippen LogP contribution in [0.2, 0.25) is 0 Å². The van der Waals surface area contributed by atoms with Gasteiger partial charge in [-0.3, -0.25) is 13.9 Å². The quantitative estimate of drug-likeness (QED) is 0.619. The van der Waals surface area contributed by atoms with Crippen molar-refractivity contribution >= 4 is 11.2 Å². The molecule has 134 valence electrons. The zero-order valence-electron chi connectivity index (χ0n) is 15.1. The van der Waals surface area contributed by atoms with Crippen LogP contribution in [0.1, 0.15) is 18.3 Å². The largest absolute Gasteiger partial charge is 0.380 e. The van der Waals surface area contributed by atoms with Gasteiger partial charge in [0.05, 0.1) is 18.8 Å². The molecule has 0 saturated carbocycles. The van der Waals surface area contributed by atoms with E-state index in [9.17, 15) is 9.59 Å². The normalized spacial score (nSPS) is 11.6. The van der Waals surface area contributed by atoms with Gasteiger partial charge in [0.1, 0.15) is 0 Å². The predicted octanol–water partition coefficient (Wildman–Crippen LogP) is 0.273. The van der Waals surface area contributed by atoms with E-state index in [0.29, 0.717) is 30.3 Å². The average molecular weight is 346 g/mol. The van der Waals surface area contributed by atoms with E-state index in [1.807, 2.05) is 26.8 Å². The molecule has 0 saturated heterocycles. The highest BCUT2D eigenvalue weighted by molar-refractivity contribution is 5.72. The van der Waals surface area contributed by atoms with Gasteiger partial charge in [-0.2, -0.15) is 10.1 Å². The summed E-state index contributed by atoms with van der Waals surface area (Å²) in [5.41, 5.74) is 1.68. The van der Waals surface area contributed by atoms with Crippen molar-refractivity contribution in [1.82, 2.24) is 28.5 Å². The number of hydrogen-bond donors (Lipinski definition) is 0. The second-order valence-electron chi connectivity index (χ2n) is 5.98. The molecule has 3 aromatic rings. The maximum atomic E-state index is 12.9. The highest BCUT2D eigenvalue weighted by Gasteiger charge is 2.20. The zero-order chi connectivity index (χ0) is 18.3. The fourth-order valence-corrected chi connectivity index (χ4v) is 2.95. The Kier molecular flexibility index (Phi) is 4.34. The summed E-state index contributed by atoms with van der Waals surface area (Å²) in [6, 6.07) is 1.93. The molecule has 3 heterocycles. The van der Waals surface area contributed by atoms with Crippen molar-refractivity contribution in [3.8, 4) is 5.95 Å². The van der Waals surface area contributed by atoms with Gasteiger partial charge in [0.2, 0.25) is 5.95 Å². The van der Waals surface area contributed by atoms with E-state index in [-0.39, 0.29) is 12.1 Å². The fourth-order valence-electron chi connectivity index (χ4n) is 2.95. The molecule has 0 aliphatic heterocycles. The van der Waals surface area contributed by atoms with Crippen LogP contribution in [0, 0.1) is 13.8 Å². The Balaban J connectivity index is 2.26. The molecule has 0 spiro atoms. The first-order valence-electron chi connectivity index (χ1n) is 8.14. The van der Waals surface area contributed by atoms with Crippen LogP contribution in [-0.4, -0.2) is 41.7 Å². The lowest BCUT2D eigenvalue weighted by Gasteiger charge is -2.08. The number of nitrogens with zero attached hydrogens (tertiary/aromatic N) is 6. The Labute approximate surface area is 144 Å². The van der Waals surface area contributed by atoms with E-state index in [1.54, 1.807) is 23.3 Å². The molecular formula is C16H22N6O3. The molecule has 9 nitrogen and oxygen atoms in total. The average Bonchev–Trinajstić information content (AvgIpc) is 3.08. The highest BCUT2D eigenvalue weighted by Crippen LogP contribution is 2.15. The second-order valence-corrected chi connectivity index (χ2v) is 5.98. The summed E-state index contributed by atoms with van der Waals surface area (Å²) >= 11 is 0. The molecule has 0 amide bonds. The zero-order valence-corrected chi connectivity index (χ0v) is 15.1. The van der Waals surface area contributed by atoms with Crippen LogP contribution in [0.5, 0.6) is 0 Å². The summed E-state index contributed by atoms with van der Waals surface area (Å²) in [5.74, 6) is 0.496. The molecule has 3 aromatic heterocycles. The summed E-state index contributed by atoms with van der Waals surface area (Å²) in [6.07, 6.45) is 0. The molecule has 0 unspecified atom stereocenters. The first-order chi connectivity index (χ1) is 11.9. The van der Waals surface area contributed by atoms with Crippen molar-refractivity contribution in [3.05, 3.63) is 38.3 Å². The minimum Gasteiger partial charge on any atom is -0.380 e. The van der Waals surface area contributed by atoms with Crippen molar-refractivity contribution in [2.45, 2.75) is 27.3 Å². The van der Waals surface area contributed by atoms with Gasteiger partial charge in [0.15, 0.2) is 11.2 Å². The Bertz CT molecular complexity index is 1050. The first kappa shape index (κ1) is 17.2. The van der Waals surface area contributed by atoms with Gasteiger partial charge in [0.25, 0.3) is 5.56 Å². The molecule has 0 aromatic carbocycles. The third kappa shape index (κ3) is 2.70. The Morgan fingerprint density at radius 3 is 2.48 bits per heavy atom. The van der Waals surface area contributed by atoms with Crippen molar-refractivity contribution in [2.75, 3.05) is 13.2 Å². The molecule has 0 aliphatic carbocycles. The number of aromatic nitrogens is 6. The van der Waals surface area contributed by atoms with Gasteiger partial charge >= 0.3 is 5.69 Å². The first-order valence-corrected chi connectivity index (χ1v) is 8.14. The van der Waals surface area contributed by atoms with E-state index in [0.717, 1.165) is 11.4 Å². The maximum absolute atomic E-state index is 12.9. The van der Waals surface area contributed by atoms with Crippen LogP contribution < -0.4 is 11.2 Å². The van der Waals surface area contributed by atoms with Gasteiger partial charge in [-0.25, -0.2) is 9.48 Å². The summed E-state index contributed by atoms with van der Waals surface area (Å²) in [6.45, 7) is 6.72. The third-order valence-electron chi connectivity index (χ3n) is 4.20. The molecule has 0 atom stereocenters. The van der Waals surface area contributed by atoms with Gasteiger partial charge in [-0.15, -0.1) is 0 Å². The molecule has 0 N–H and O–H groups in total. The minimum atomic E-state index is -0.407. The maximum Gasteiger partial charge on any atom is 0.332 e. The Morgan fingerprint density at radius 2 is 1.88 bits per heavy atom. The summed E-state index contributed by atoms with van der Waals surface area (Å²) in [5, 5.41) is 4.42. The van der Waals surface area contributed by atoms with Crippen LogP contribution in [0.4, 0.5) is 0 Å². The summed E-state index contributed by atoms with van der Waals surface area (Å²) in [7, 11) is 3.36. The Hall–Kier alpha value is -2.68. The van der Waals surface area contributed by atoms with Crippen molar-refractivity contribution in [2.24, 2.45) is 14.1 Å². The number of ether oxygens (including phenoxy) is 1. The molecular weight excluding hydrogens is 324 g/mol. The lowest BCUT2D eigenvalue weighted by Crippen LogP contribution is -2.40. The number of hydrogen-bond acceptors (Lipinski definition) is 5. The Morgan fingerprint density at radius 1 is 1.16 bits per heavy atom. The smallest absolute Gasteiger partial charge is 0.332 e. The highest BCUT2D eigenvalue weighted by atomic mass is 16.5. The van der Waals surface area contributed by atoms with Gasteiger partial charge in [-0.05, 0) is 26.8 Å². The van der Waals surface area contributed by atoms with Crippen LogP contribution in [-0.2, 0) is 25.4 Å². The number of imidazole rings is 1. The van der Waals surface area contributed by atoms with Gasteiger partial charge < -0.3 is 9.30 Å². The van der Waals surface area contributed by atoms with Gasteiger partial charge in [-0.1, -0.05) is 0 Å². The second kappa shape index (κ2) is 6.32. The summed E-state index contributed by atoms with van der Waals surface area (Å²) in [4.78, 5) is 29.9. The van der Waals surface area contributed by atoms with Crippen LogP contribution in [0.25, 0.3) is 17.1 Å². The van der Waals surface area contributed by atoms with E-state index in [4.69, 9.17) is 4.74 Å². The number of rotatable bonds is 5. The lowest BCUT2D eigenvalue weighted by molar-refractivity contribution is 0.137. The summed E-state index contributed by atoms with van der Waals surface area (Å²) < 4.78 is 11.2. The molecule has 0 radical (unpaired) electrons. The predicted molar refractivity (Wildman–Crippen MR) is 93.3 cm³/mol. The molecule has 0 fully saturated rings. The van der Waals surface area contributed by atoms with E-state index in [1.165, 1.54) is 9.13 Å². The standard InChI is InChI=1S/C16H22N6O3/c1-6-25-8-7-21-14(23)12-13(20(5)16(21)24)17-15(19(12)4)22-11(3)9-10(2)18-22/h9H,6-8H2,1-5H3. The lowest BCUT2D eigenvalue weighted by atomic mass is 10.4. The molecule has 25 heavy (non-hydrogen) atoms. The molecule has 0 bridgehead atoms. The van der Waals surface area contributed by atoms with E-state index < -0.39 is 5.69 Å². The van der Waals surface area contributed by atoms with Crippen molar-refractivity contribution < 1.29 is 4.74 Å². The number of fused-ring (bicyclic) bond motifs is 1. The molecule has 9 heteroatoms. The van der Waals surface area contributed by atoms with Gasteiger partial charge in [0, 0.05) is 26.4 Å². The molecule has 3 rings (SSSR count). The van der Waals surface area contributed by atoms with Crippen LogP contribution in [0.3, 0.4) is 0 Å². The van der Waals surface area contributed by atoms with Crippen LogP contribution >= 0.6 is 0 Å².